The number of fused-ring (bicyclic) bond motifs is 2. The van der Waals surface area contributed by atoms with Gasteiger partial charge in [0.15, 0.2) is 11.5 Å². The van der Waals surface area contributed by atoms with Crippen LogP contribution in [0.3, 0.4) is 0 Å². The third-order valence-corrected chi connectivity index (χ3v) is 6.61. The first-order valence-corrected chi connectivity index (χ1v) is 11.0. The van der Waals surface area contributed by atoms with Crippen molar-refractivity contribution in [3.8, 4) is 17.2 Å². The number of likely N-dealkylation sites (tertiary alicyclic amines) is 1. The molecule has 2 aliphatic rings. The fourth-order valence-electron chi connectivity index (χ4n) is 4.42. The molecule has 1 N–H and O–H groups in total. The lowest BCUT2D eigenvalue weighted by Gasteiger charge is -2.38. The van der Waals surface area contributed by atoms with Gasteiger partial charge in [-0.15, -0.1) is 13.2 Å². The summed E-state index contributed by atoms with van der Waals surface area (Å²) in [5.41, 5.74) is 0.284. The maximum Gasteiger partial charge on any atom is 0.573 e. The largest absolute Gasteiger partial charge is 0.573 e. The average Bonchev–Trinajstić information content (AvgIpc) is 3.12. The van der Waals surface area contributed by atoms with Crippen molar-refractivity contribution in [2.75, 3.05) is 26.2 Å². The summed E-state index contributed by atoms with van der Waals surface area (Å²) in [5, 5.41) is 8.86. The summed E-state index contributed by atoms with van der Waals surface area (Å²) < 4.78 is 68.5. The van der Waals surface area contributed by atoms with Crippen molar-refractivity contribution in [3.05, 3.63) is 52.3 Å². The van der Waals surface area contributed by atoms with Crippen LogP contribution in [0, 0.1) is 5.82 Å². The van der Waals surface area contributed by atoms with Gasteiger partial charge < -0.3 is 24.2 Å². The summed E-state index contributed by atoms with van der Waals surface area (Å²) >= 11 is 6.02. The molecule has 2 heterocycles. The van der Waals surface area contributed by atoms with Crippen molar-refractivity contribution in [2.45, 2.75) is 37.6 Å². The maximum absolute atomic E-state index is 15.2. The van der Waals surface area contributed by atoms with Gasteiger partial charge in [-0.05, 0) is 44.1 Å². The van der Waals surface area contributed by atoms with E-state index in [-0.39, 0.29) is 33.9 Å². The average molecular weight is 504 g/mol. The minimum absolute atomic E-state index is 0.00632. The Balaban J connectivity index is 1.47. The lowest BCUT2D eigenvalue weighted by Crippen LogP contribution is -2.44. The molecule has 0 bridgehead atoms. The highest BCUT2D eigenvalue weighted by atomic mass is 35.5. The zero-order valence-electron chi connectivity index (χ0n) is 18.0. The van der Waals surface area contributed by atoms with Gasteiger partial charge in [-0.25, -0.2) is 0 Å². The standard InChI is InChI=1S/C23H22ClF4NO5/c24-16-2-1-3-17(34-23(26,27)28)14(16)12-32-18-5-4-15-21(20(18)25)33-13-22(15)7-10-29(11-8-22)9-6-19(30)31/h1-5H,6-13H2,(H,30,31). The van der Waals surface area contributed by atoms with Crippen LogP contribution in [0.1, 0.15) is 30.4 Å². The minimum atomic E-state index is -4.91. The Morgan fingerprint density at radius 3 is 2.59 bits per heavy atom. The summed E-state index contributed by atoms with van der Waals surface area (Å²) in [7, 11) is 0. The van der Waals surface area contributed by atoms with E-state index in [1.165, 1.54) is 18.2 Å². The van der Waals surface area contributed by atoms with Crippen LogP contribution in [-0.4, -0.2) is 48.6 Å². The number of benzene rings is 2. The van der Waals surface area contributed by atoms with Crippen LogP contribution in [0.4, 0.5) is 17.6 Å². The molecule has 1 spiro atoms. The fourth-order valence-corrected chi connectivity index (χ4v) is 4.64. The number of nitrogens with zero attached hydrogens (tertiary/aromatic N) is 1. The molecular formula is C23H22ClF4NO5. The molecule has 4 rings (SSSR count). The predicted octanol–water partition coefficient (Wildman–Crippen LogP) is 5.16. The van der Waals surface area contributed by atoms with Gasteiger partial charge in [0.25, 0.3) is 0 Å². The fraction of sp³-hybridized carbons (Fsp3) is 0.435. The van der Waals surface area contributed by atoms with E-state index in [4.69, 9.17) is 26.2 Å². The van der Waals surface area contributed by atoms with E-state index in [1.54, 1.807) is 6.07 Å². The molecule has 1 saturated heterocycles. The van der Waals surface area contributed by atoms with Crippen LogP contribution in [0.2, 0.25) is 5.02 Å². The second-order valence-corrected chi connectivity index (χ2v) is 8.77. The Morgan fingerprint density at radius 1 is 1.18 bits per heavy atom. The van der Waals surface area contributed by atoms with Crippen molar-refractivity contribution < 1.29 is 41.7 Å². The molecule has 1 fully saturated rings. The van der Waals surface area contributed by atoms with Gasteiger partial charge in [0.05, 0.1) is 23.6 Å². The monoisotopic (exact) mass is 503 g/mol. The summed E-state index contributed by atoms with van der Waals surface area (Å²) in [6.07, 6.45) is -3.46. The first-order chi connectivity index (χ1) is 16.1. The van der Waals surface area contributed by atoms with E-state index in [1.807, 2.05) is 0 Å². The van der Waals surface area contributed by atoms with Crippen molar-refractivity contribution >= 4 is 17.6 Å². The highest BCUT2D eigenvalue weighted by Gasteiger charge is 2.44. The van der Waals surface area contributed by atoms with Crippen LogP contribution < -0.4 is 14.2 Å². The van der Waals surface area contributed by atoms with Crippen LogP contribution in [0.5, 0.6) is 17.2 Å². The first-order valence-electron chi connectivity index (χ1n) is 10.6. The Bertz CT molecular complexity index is 1070. The van der Waals surface area contributed by atoms with E-state index in [0.29, 0.717) is 44.6 Å². The number of carbonyl (C=O) groups is 1. The van der Waals surface area contributed by atoms with E-state index in [9.17, 15) is 18.0 Å². The number of carboxylic acid groups (broad SMARTS) is 1. The number of halogens is 5. The number of hydrogen-bond acceptors (Lipinski definition) is 5. The lowest BCUT2D eigenvalue weighted by molar-refractivity contribution is -0.275. The van der Waals surface area contributed by atoms with Gasteiger partial charge in [-0.2, -0.15) is 4.39 Å². The van der Waals surface area contributed by atoms with Gasteiger partial charge in [-0.1, -0.05) is 23.7 Å². The summed E-state index contributed by atoms with van der Waals surface area (Å²) in [6, 6.07) is 6.95. The number of carboxylic acids is 1. The Kier molecular flexibility index (Phi) is 6.82. The summed E-state index contributed by atoms with van der Waals surface area (Å²) in [5.74, 6) is -2.20. The molecule has 0 saturated carbocycles. The Morgan fingerprint density at radius 2 is 1.91 bits per heavy atom. The molecule has 0 aromatic heterocycles. The predicted molar refractivity (Wildman–Crippen MR) is 114 cm³/mol. The van der Waals surface area contributed by atoms with Gasteiger partial charge >= 0.3 is 12.3 Å². The molecule has 0 aliphatic carbocycles. The van der Waals surface area contributed by atoms with Gasteiger partial charge in [0.2, 0.25) is 5.82 Å². The molecule has 2 aromatic rings. The van der Waals surface area contributed by atoms with E-state index >= 15 is 4.39 Å². The van der Waals surface area contributed by atoms with Crippen molar-refractivity contribution in [1.82, 2.24) is 4.90 Å². The molecule has 6 nitrogen and oxygen atoms in total. The van der Waals surface area contributed by atoms with Gasteiger partial charge in [0.1, 0.15) is 12.4 Å². The normalized spacial score (nSPS) is 17.3. The summed E-state index contributed by atoms with van der Waals surface area (Å²) in [4.78, 5) is 12.9. The molecule has 11 heteroatoms. The molecule has 2 aliphatic heterocycles. The molecule has 0 unspecified atom stereocenters. The SMILES string of the molecule is O=C(O)CCN1CCC2(CC1)COc1c2ccc(OCc2c(Cl)cccc2OC(F)(F)F)c1F. The van der Waals surface area contributed by atoms with Gasteiger partial charge in [0, 0.05) is 17.5 Å². The number of piperidine rings is 1. The van der Waals surface area contributed by atoms with E-state index < -0.39 is 30.5 Å². The van der Waals surface area contributed by atoms with Gasteiger partial charge in [-0.3, -0.25) is 4.79 Å². The second-order valence-electron chi connectivity index (χ2n) is 8.36. The topological polar surface area (TPSA) is 68.2 Å². The molecule has 2 aromatic carbocycles. The van der Waals surface area contributed by atoms with Crippen LogP contribution in [0.15, 0.2) is 30.3 Å². The first kappa shape index (κ1) is 24.4. The van der Waals surface area contributed by atoms with Crippen LogP contribution in [-0.2, 0) is 16.8 Å². The number of alkyl halides is 3. The molecular weight excluding hydrogens is 482 g/mol. The molecule has 184 valence electrons. The Labute approximate surface area is 198 Å². The Hall–Kier alpha value is -2.72. The third kappa shape index (κ3) is 5.17. The van der Waals surface area contributed by atoms with Crippen molar-refractivity contribution in [1.29, 1.82) is 0 Å². The third-order valence-electron chi connectivity index (χ3n) is 6.25. The lowest BCUT2D eigenvalue weighted by atomic mass is 9.74. The minimum Gasteiger partial charge on any atom is -0.489 e. The van der Waals surface area contributed by atoms with Crippen molar-refractivity contribution in [3.63, 3.8) is 0 Å². The second kappa shape index (κ2) is 9.50. The molecule has 0 amide bonds. The molecule has 34 heavy (non-hydrogen) atoms. The highest BCUT2D eigenvalue weighted by molar-refractivity contribution is 6.31. The van der Waals surface area contributed by atoms with Crippen LogP contribution in [0.25, 0.3) is 0 Å². The zero-order valence-corrected chi connectivity index (χ0v) is 18.7. The quantitative estimate of drug-likeness (QED) is 0.527. The van der Waals surface area contributed by atoms with Crippen LogP contribution >= 0.6 is 11.6 Å². The maximum atomic E-state index is 15.2. The summed E-state index contributed by atoms with van der Waals surface area (Å²) in [6.45, 7) is 1.66. The zero-order chi connectivity index (χ0) is 24.5. The number of hydrogen-bond donors (Lipinski definition) is 1. The number of aliphatic carboxylic acids is 1. The number of ether oxygens (including phenoxy) is 3. The van der Waals surface area contributed by atoms with Crippen molar-refractivity contribution in [2.24, 2.45) is 0 Å². The van der Waals surface area contributed by atoms with E-state index in [0.717, 1.165) is 6.07 Å². The molecule has 0 atom stereocenters. The van der Waals surface area contributed by atoms with E-state index in [2.05, 4.69) is 9.64 Å². The highest BCUT2D eigenvalue weighted by Crippen LogP contribution is 2.48. The molecule has 0 radical (unpaired) electrons. The smallest absolute Gasteiger partial charge is 0.489 e. The number of rotatable bonds is 7.